The molecular weight excluding hydrogens is 234 g/mol. The van der Waals surface area contributed by atoms with Crippen LogP contribution in [0.1, 0.15) is 55.1 Å². The summed E-state index contributed by atoms with van der Waals surface area (Å²) in [6, 6.07) is 6.07. The number of unbranched alkanes of at least 4 members (excludes halogenated alkanes) is 1. The Bertz CT molecular complexity index is 339. The molecule has 0 N–H and O–H groups in total. The van der Waals surface area contributed by atoms with Crippen LogP contribution in [0.25, 0.3) is 0 Å². The number of rotatable bonds is 5. The number of carbonyl (C=O) groups is 1. The molecule has 0 aliphatic carbocycles. The molecule has 0 spiro atoms. The van der Waals surface area contributed by atoms with Gasteiger partial charge in [-0.25, -0.2) is 0 Å². The van der Waals surface area contributed by atoms with Crippen molar-refractivity contribution < 1.29 is 4.79 Å². The second-order valence-corrected chi connectivity index (χ2v) is 4.90. The van der Waals surface area contributed by atoms with Crippen LogP contribution in [-0.4, -0.2) is 23.2 Å². The first kappa shape index (κ1) is 17.9. The second-order valence-electron chi connectivity index (χ2n) is 4.38. The molecule has 0 heterocycles. The molecule has 0 fully saturated rings. The van der Waals surface area contributed by atoms with Crippen LogP contribution in [0, 0.1) is 0 Å². The average Bonchev–Trinajstić information content (AvgIpc) is 2.39. The van der Waals surface area contributed by atoms with E-state index in [9.17, 15) is 4.79 Å². The zero-order valence-electron chi connectivity index (χ0n) is 12.3. The number of hydrogen-bond acceptors (Lipinski definition) is 1. The third-order valence-electron chi connectivity index (χ3n) is 2.95. The maximum atomic E-state index is 11.4. The monoisotopic (exact) mass is 258 g/mol. The van der Waals surface area contributed by atoms with Crippen LogP contribution in [0.4, 0.5) is 0 Å². The maximum absolute atomic E-state index is 11.4. The normalized spacial score (nSPS) is 9.67. The molecule has 1 atom stereocenters. The minimum atomic E-state index is 0.106. The van der Waals surface area contributed by atoms with Crippen LogP contribution in [-0.2, 0) is 12.8 Å². The number of carbonyl (C=O) groups excluding carboxylic acids is 1. The van der Waals surface area contributed by atoms with Gasteiger partial charge >= 0.3 is 42.6 Å². The Balaban J connectivity index is 0.000000494. The fraction of sp³-hybridized carbons (Fsp3) is 0.533. The van der Waals surface area contributed by atoms with Crippen molar-refractivity contribution in [3.63, 3.8) is 0 Å². The van der Waals surface area contributed by atoms with E-state index in [0.717, 1.165) is 29.5 Å². The van der Waals surface area contributed by atoms with E-state index in [-0.39, 0.29) is 5.52 Å². The molecule has 1 unspecified atom stereocenters. The fourth-order valence-electron chi connectivity index (χ4n) is 1.91. The fourth-order valence-corrected chi connectivity index (χ4v) is 2.28. The van der Waals surface area contributed by atoms with Crippen LogP contribution < -0.4 is 0 Å². The minimum absolute atomic E-state index is 0.106. The number of hydrogen-bond donors (Lipinski definition) is 0. The van der Waals surface area contributed by atoms with E-state index < -0.39 is 0 Å². The van der Waals surface area contributed by atoms with Crippen LogP contribution in [0.5, 0.6) is 0 Å². The van der Waals surface area contributed by atoms with Gasteiger partial charge in [-0.05, 0) is 24.0 Å². The molecular formula is C15H24LiOP. The molecule has 18 heavy (non-hydrogen) atoms. The molecule has 3 heteroatoms. The van der Waals surface area contributed by atoms with Gasteiger partial charge in [-0.3, -0.25) is 4.79 Å². The Labute approximate surface area is 124 Å². The summed E-state index contributed by atoms with van der Waals surface area (Å²) in [6.07, 6.45) is 4.57. The Kier molecular flexibility index (Phi) is 10.8. The van der Waals surface area contributed by atoms with Crippen molar-refractivity contribution in [2.45, 2.75) is 51.5 Å². The van der Waals surface area contributed by atoms with Gasteiger partial charge in [0.1, 0.15) is 0 Å². The Hall–Kier alpha value is -0.0826. The molecule has 0 aromatic heterocycles. The van der Waals surface area contributed by atoms with Gasteiger partial charge in [0.25, 0.3) is 0 Å². The van der Waals surface area contributed by atoms with Crippen LogP contribution in [0.3, 0.4) is 0 Å². The van der Waals surface area contributed by atoms with Crippen molar-refractivity contribution in [1.29, 1.82) is 0 Å². The van der Waals surface area contributed by atoms with Gasteiger partial charge in [0.2, 0.25) is 0 Å². The quantitative estimate of drug-likeness (QED) is 0.571. The zero-order chi connectivity index (χ0) is 14.0. The third-order valence-corrected chi connectivity index (χ3v) is 3.24. The van der Waals surface area contributed by atoms with E-state index >= 15 is 0 Å². The second kappa shape index (κ2) is 10.8. The number of aryl methyl sites for hydroxylation is 2. The SMILES string of the molecule is CCc1cccc(CC)c1C(=O)P.[Li][CH2]CCC. The van der Waals surface area contributed by atoms with Gasteiger partial charge in [0.05, 0.1) is 0 Å². The molecule has 0 aliphatic heterocycles. The summed E-state index contributed by atoms with van der Waals surface area (Å²) in [6.45, 7) is 6.36. The average molecular weight is 258 g/mol. The van der Waals surface area contributed by atoms with E-state index in [4.69, 9.17) is 0 Å². The molecule has 0 bridgehead atoms. The van der Waals surface area contributed by atoms with Gasteiger partial charge in [-0.1, -0.05) is 41.3 Å². The van der Waals surface area contributed by atoms with E-state index in [0.29, 0.717) is 0 Å². The van der Waals surface area contributed by atoms with Crippen molar-refractivity contribution in [3.05, 3.63) is 34.9 Å². The first-order valence-corrected chi connectivity index (χ1v) is 7.60. The molecule has 0 radical (unpaired) electrons. The first-order chi connectivity index (χ1) is 8.62. The van der Waals surface area contributed by atoms with Crippen molar-refractivity contribution in [3.8, 4) is 0 Å². The molecule has 1 rings (SSSR count). The van der Waals surface area contributed by atoms with E-state index in [2.05, 4.69) is 47.7 Å². The molecule has 1 nitrogen and oxygen atoms in total. The van der Waals surface area contributed by atoms with Gasteiger partial charge in [0.15, 0.2) is 5.52 Å². The molecule has 1 aromatic rings. The van der Waals surface area contributed by atoms with Crippen molar-refractivity contribution in [1.82, 2.24) is 0 Å². The molecule has 0 saturated carbocycles. The van der Waals surface area contributed by atoms with Gasteiger partial charge in [-0.15, -0.1) is 0 Å². The summed E-state index contributed by atoms with van der Waals surface area (Å²) >= 11 is 2.21. The summed E-state index contributed by atoms with van der Waals surface area (Å²) in [5.74, 6) is 0. The zero-order valence-corrected chi connectivity index (χ0v) is 13.4. The topological polar surface area (TPSA) is 17.1 Å². The van der Waals surface area contributed by atoms with E-state index in [1.54, 1.807) is 0 Å². The van der Waals surface area contributed by atoms with Gasteiger partial charge in [-0.2, -0.15) is 0 Å². The Morgan fingerprint density at radius 3 is 1.89 bits per heavy atom. The van der Waals surface area contributed by atoms with Crippen molar-refractivity contribution in [2.24, 2.45) is 0 Å². The van der Waals surface area contributed by atoms with E-state index in [1.165, 1.54) is 17.9 Å². The number of benzene rings is 1. The summed E-state index contributed by atoms with van der Waals surface area (Å²) in [4.78, 5) is 11.4. The summed E-state index contributed by atoms with van der Waals surface area (Å²) in [5, 5.41) is 1.34. The van der Waals surface area contributed by atoms with E-state index in [1.807, 2.05) is 18.2 Å². The Morgan fingerprint density at radius 1 is 1.17 bits per heavy atom. The van der Waals surface area contributed by atoms with Crippen LogP contribution >= 0.6 is 9.24 Å². The van der Waals surface area contributed by atoms with Gasteiger partial charge in [0, 0.05) is 5.56 Å². The summed E-state index contributed by atoms with van der Waals surface area (Å²) in [5.41, 5.74) is 3.31. The van der Waals surface area contributed by atoms with Gasteiger partial charge < -0.3 is 0 Å². The molecule has 1 aromatic carbocycles. The van der Waals surface area contributed by atoms with Crippen LogP contribution in [0.2, 0.25) is 5.09 Å². The summed E-state index contributed by atoms with van der Waals surface area (Å²) in [7, 11) is 2.26. The molecule has 0 saturated heterocycles. The first-order valence-electron chi connectivity index (χ1n) is 7.02. The summed E-state index contributed by atoms with van der Waals surface area (Å²) < 4.78 is 0. The van der Waals surface area contributed by atoms with Crippen LogP contribution in [0.15, 0.2) is 18.2 Å². The predicted molar refractivity (Wildman–Crippen MR) is 84.7 cm³/mol. The Morgan fingerprint density at radius 2 is 1.67 bits per heavy atom. The van der Waals surface area contributed by atoms with Crippen molar-refractivity contribution >= 4 is 32.5 Å². The molecule has 96 valence electrons. The predicted octanol–water partition coefficient (Wildman–Crippen LogP) is 4.20. The standard InChI is InChI=1S/C11H15OP.C4H9.Li/c1-3-8-6-5-7-9(4-2)10(8)11(12)13;1-3-4-2;/h5-7H,3-4,13H2,1-2H3;1,3-4H2,2H3;. The molecule has 0 amide bonds. The van der Waals surface area contributed by atoms with Crippen molar-refractivity contribution in [2.75, 3.05) is 0 Å². The third kappa shape index (κ3) is 6.19. The molecule has 0 aliphatic rings.